The molecule has 1 rings (SSSR count). The lowest BCUT2D eigenvalue weighted by molar-refractivity contribution is 0.0693. The summed E-state index contributed by atoms with van der Waals surface area (Å²) in [6, 6.07) is 4.68. The Morgan fingerprint density at radius 2 is 2.31 bits per heavy atom. The first-order valence-electron chi connectivity index (χ1n) is 3.57. The molecule has 0 bridgehead atoms. The molecule has 0 saturated heterocycles. The number of hydrogen-bond donors (Lipinski definition) is 1. The van der Waals surface area contributed by atoms with E-state index in [1.807, 2.05) is 0 Å². The zero-order valence-corrected chi connectivity index (χ0v) is 7.15. The topological polar surface area (TPSA) is 58.9 Å². The molecular weight excluding hydrogens is 170 g/mol. The van der Waals surface area contributed by atoms with Crippen molar-refractivity contribution < 1.29 is 14.6 Å². The van der Waals surface area contributed by atoms with Gasteiger partial charge >= 0.3 is 5.97 Å². The Hall–Kier alpha value is -1.84. The van der Waals surface area contributed by atoms with Gasteiger partial charge in [-0.3, -0.25) is 4.99 Å². The van der Waals surface area contributed by atoms with Gasteiger partial charge in [0.1, 0.15) is 11.3 Å². The number of methoxy groups -OCH3 is 1. The summed E-state index contributed by atoms with van der Waals surface area (Å²) in [6.07, 6.45) is 0. The Bertz CT molecular complexity index is 347. The van der Waals surface area contributed by atoms with Gasteiger partial charge in [-0.05, 0) is 18.9 Å². The normalized spacial score (nSPS) is 9.31. The first-order chi connectivity index (χ1) is 6.20. The molecule has 4 nitrogen and oxygen atoms in total. The van der Waals surface area contributed by atoms with E-state index in [2.05, 4.69) is 11.7 Å². The molecule has 0 aliphatic carbocycles. The van der Waals surface area contributed by atoms with E-state index in [-0.39, 0.29) is 11.3 Å². The highest BCUT2D eigenvalue weighted by atomic mass is 16.5. The fraction of sp³-hybridized carbons (Fsp3) is 0.111. The molecule has 0 fully saturated rings. The third-order valence-electron chi connectivity index (χ3n) is 1.60. The predicted octanol–water partition coefficient (Wildman–Crippen LogP) is 1.73. The predicted molar refractivity (Wildman–Crippen MR) is 49.2 cm³/mol. The van der Waals surface area contributed by atoms with Gasteiger partial charge in [0, 0.05) is 0 Å². The molecule has 0 unspecified atom stereocenters. The average molecular weight is 179 g/mol. The summed E-state index contributed by atoms with van der Waals surface area (Å²) in [7, 11) is 1.40. The van der Waals surface area contributed by atoms with E-state index in [1.165, 1.54) is 13.2 Å². The molecular formula is C9H9NO3. The van der Waals surface area contributed by atoms with Crippen LogP contribution in [0.5, 0.6) is 5.75 Å². The Morgan fingerprint density at radius 1 is 1.62 bits per heavy atom. The molecule has 0 heterocycles. The SMILES string of the molecule is C=Nc1cccc(C(=O)O)c1OC. The number of carbonyl (C=O) groups is 1. The van der Waals surface area contributed by atoms with Crippen LogP contribution in [0.15, 0.2) is 23.2 Å². The van der Waals surface area contributed by atoms with Gasteiger partial charge in [-0.15, -0.1) is 0 Å². The van der Waals surface area contributed by atoms with E-state index < -0.39 is 5.97 Å². The van der Waals surface area contributed by atoms with Gasteiger partial charge in [-0.1, -0.05) is 6.07 Å². The lowest BCUT2D eigenvalue weighted by atomic mass is 10.2. The van der Waals surface area contributed by atoms with E-state index in [0.717, 1.165) is 0 Å². The molecule has 0 atom stereocenters. The maximum absolute atomic E-state index is 10.7. The van der Waals surface area contributed by atoms with Gasteiger partial charge < -0.3 is 9.84 Å². The molecule has 1 aromatic rings. The van der Waals surface area contributed by atoms with Gasteiger partial charge in [0.15, 0.2) is 5.75 Å². The second kappa shape index (κ2) is 3.71. The van der Waals surface area contributed by atoms with Crippen molar-refractivity contribution in [2.45, 2.75) is 0 Å². The summed E-state index contributed by atoms with van der Waals surface area (Å²) in [5.41, 5.74) is 0.523. The van der Waals surface area contributed by atoms with Crippen molar-refractivity contribution >= 4 is 18.4 Å². The Morgan fingerprint density at radius 3 is 2.77 bits per heavy atom. The van der Waals surface area contributed by atoms with Crippen LogP contribution in [0.25, 0.3) is 0 Å². The maximum Gasteiger partial charge on any atom is 0.339 e. The highest BCUT2D eigenvalue weighted by molar-refractivity contribution is 5.93. The Labute approximate surface area is 75.5 Å². The van der Waals surface area contributed by atoms with E-state index in [4.69, 9.17) is 9.84 Å². The number of ether oxygens (including phenoxy) is 1. The molecule has 0 amide bonds. The smallest absolute Gasteiger partial charge is 0.339 e. The van der Waals surface area contributed by atoms with Crippen molar-refractivity contribution in [3.8, 4) is 5.75 Å². The molecule has 0 saturated carbocycles. The van der Waals surface area contributed by atoms with Crippen LogP contribution in [0.2, 0.25) is 0 Å². The quantitative estimate of drug-likeness (QED) is 0.719. The summed E-state index contributed by atoms with van der Waals surface area (Å²) >= 11 is 0. The second-order valence-corrected chi connectivity index (χ2v) is 2.32. The molecule has 0 aliphatic heterocycles. The van der Waals surface area contributed by atoms with Crippen molar-refractivity contribution in [2.24, 2.45) is 4.99 Å². The summed E-state index contributed by atoms with van der Waals surface area (Å²) in [4.78, 5) is 14.4. The minimum Gasteiger partial charge on any atom is -0.494 e. The first kappa shape index (κ1) is 9.25. The Balaban J connectivity index is 3.35. The molecule has 13 heavy (non-hydrogen) atoms. The van der Waals surface area contributed by atoms with Crippen LogP contribution in [0, 0.1) is 0 Å². The number of carboxylic acid groups (broad SMARTS) is 1. The lowest BCUT2D eigenvalue weighted by Crippen LogP contribution is -1.99. The van der Waals surface area contributed by atoms with Crippen LogP contribution in [-0.4, -0.2) is 24.9 Å². The number of aliphatic imine (C=N–C) groups is 1. The molecule has 68 valence electrons. The molecule has 4 heteroatoms. The molecule has 1 N–H and O–H groups in total. The highest BCUT2D eigenvalue weighted by Gasteiger charge is 2.13. The van der Waals surface area contributed by atoms with Crippen molar-refractivity contribution in [1.29, 1.82) is 0 Å². The van der Waals surface area contributed by atoms with Crippen LogP contribution in [0.1, 0.15) is 10.4 Å². The summed E-state index contributed by atoms with van der Waals surface area (Å²) in [5.74, 6) is -0.799. The fourth-order valence-electron chi connectivity index (χ4n) is 1.03. The molecule has 0 aliphatic rings. The lowest BCUT2D eigenvalue weighted by Gasteiger charge is -2.06. The van der Waals surface area contributed by atoms with Crippen LogP contribution in [-0.2, 0) is 0 Å². The minimum atomic E-state index is -1.04. The largest absolute Gasteiger partial charge is 0.494 e. The van der Waals surface area contributed by atoms with E-state index >= 15 is 0 Å². The van der Waals surface area contributed by atoms with Crippen molar-refractivity contribution in [2.75, 3.05) is 7.11 Å². The van der Waals surface area contributed by atoms with Crippen LogP contribution >= 0.6 is 0 Å². The molecule has 0 radical (unpaired) electrons. The van der Waals surface area contributed by atoms with Gasteiger partial charge in [-0.2, -0.15) is 0 Å². The van der Waals surface area contributed by atoms with Gasteiger partial charge in [-0.25, -0.2) is 4.79 Å². The number of nitrogens with zero attached hydrogens (tertiary/aromatic N) is 1. The number of para-hydroxylation sites is 1. The Kier molecular flexibility index (Phi) is 2.64. The minimum absolute atomic E-state index is 0.0902. The van der Waals surface area contributed by atoms with E-state index in [9.17, 15) is 4.79 Å². The average Bonchev–Trinajstić information content (AvgIpc) is 2.16. The molecule has 0 aromatic heterocycles. The van der Waals surface area contributed by atoms with Gasteiger partial charge in [0.25, 0.3) is 0 Å². The number of aromatic carboxylic acids is 1. The van der Waals surface area contributed by atoms with Crippen molar-refractivity contribution in [3.05, 3.63) is 23.8 Å². The summed E-state index contributed by atoms with van der Waals surface area (Å²) in [5, 5.41) is 8.77. The van der Waals surface area contributed by atoms with E-state index in [0.29, 0.717) is 5.69 Å². The van der Waals surface area contributed by atoms with Crippen LogP contribution < -0.4 is 4.74 Å². The number of hydrogen-bond acceptors (Lipinski definition) is 3. The zero-order chi connectivity index (χ0) is 9.84. The second-order valence-electron chi connectivity index (χ2n) is 2.32. The third kappa shape index (κ3) is 1.66. The maximum atomic E-state index is 10.7. The summed E-state index contributed by atoms with van der Waals surface area (Å²) in [6.45, 7) is 3.32. The standard InChI is InChI=1S/C9H9NO3/c1-10-7-5-3-4-6(9(11)12)8(7)13-2/h3-5H,1H2,2H3,(H,11,12). The van der Waals surface area contributed by atoms with Crippen molar-refractivity contribution in [1.82, 2.24) is 0 Å². The van der Waals surface area contributed by atoms with Crippen LogP contribution in [0.3, 0.4) is 0 Å². The molecule has 0 spiro atoms. The van der Waals surface area contributed by atoms with E-state index in [1.54, 1.807) is 12.1 Å². The third-order valence-corrected chi connectivity index (χ3v) is 1.60. The van der Waals surface area contributed by atoms with Gasteiger partial charge in [0.2, 0.25) is 0 Å². The highest BCUT2D eigenvalue weighted by Crippen LogP contribution is 2.30. The number of carboxylic acids is 1. The van der Waals surface area contributed by atoms with Crippen molar-refractivity contribution in [3.63, 3.8) is 0 Å². The number of benzene rings is 1. The fourth-order valence-corrected chi connectivity index (χ4v) is 1.03. The number of rotatable bonds is 3. The zero-order valence-electron chi connectivity index (χ0n) is 7.15. The first-order valence-corrected chi connectivity index (χ1v) is 3.57. The monoisotopic (exact) mass is 179 g/mol. The molecule has 1 aromatic carbocycles. The van der Waals surface area contributed by atoms with Gasteiger partial charge in [0.05, 0.1) is 7.11 Å². The van der Waals surface area contributed by atoms with Crippen LogP contribution in [0.4, 0.5) is 5.69 Å². The summed E-state index contributed by atoms with van der Waals surface area (Å²) < 4.78 is 4.91.